The Labute approximate surface area is 193 Å². The van der Waals surface area contributed by atoms with Crippen LogP contribution in [-0.4, -0.2) is 67.1 Å². The zero-order chi connectivity index (χ0) is 23.0. The Hall–Kier alpha value is -2.30. The van der Waals surface area contributed by atoms with Crippen LogP contribution >= 0.6 is 11.3 Å². The first-order valence-corrected chi connectivity index (χ1v) is 13.2. The molecule has 1 aromatic heterocycles. The van der Waals surface area contributed by atoms with Crippen LogP contribution < -0.4 is 5.32 Å². The summed E-state index contributed by atoms with van der Waals surface area (Å²) in [4.78, 5) is 30.8. The molecule has 0 aliphatic carbocycles. The van der Waals surface area contributed by atoms with Crippen LogP contribution in [0.15, 0.2) is 40.6 Å². The minimum absolute atomic E-state index is 0.115. The lowest BCUT2D eigenvalue weighted by Gasteiger charge is -2.34. The molecular formula is C22H30N4O4S2. The van der Waals surface area contributed by atoms with E-state index >= 15 is 0 Å². The van der Waals surface area contributed by atoms with Gasteiger partial charge in [0.1, 0.15) is 0 Å². The topological polar surface area (TPSA) is 99.7 Å². The van der Waals surface area contributed by atoms with E-state index < -0.39 is 10.0 Å². The number of amides is 2. The van der Waals surface area contributed by atoms with Crippen molar-refractivity contribution in [1.82, 2.24) is 19.5 Å². The summed E-state index contributed by atoms with van der Waals surface area (Å²) in [7, 11) is -3.54. The first kappa shape index (κ1) is 24.3. The molecule has 1 aromatic carbocycles. The number of nitrogens with zero attached hydrogens (tertiary/aromatic N) is 3. The highest BCUT2D eigenvalue weighted by Gasteiger charge is 2.29. The van der Waals surface area contributed by atoms with Crippen LogP contribution in [0.5, 0.6) is 0 Å². The van der Waals surface area contributed by atoms with Crippen molar-refractivity contribution in [2.45, 2.75) is 43.9 Å². The number of carbonyl (C=O) groups is 2. The number of sulfonamides is 1. The maximum Gasteiger partial charge on any atom is 0.243 e. The fourth-order valence-corrected chi connectivity index (χ4v) is 5.79. The molecule has 8 nitrogen and oxygen atoms in total. The number of rotatable bonds is 10. The van der Waals surface area contributed by atoms with E-state index in [0.29, 0.717) is 19.6 Å². The molecule has 0 bridgehead atoms. The number of hydrogen-bond donors (Lipinski definition) is 1. The summed E-state index contributed by atoms with van der Waals surface area (Å²) in [5.41, 5.74) is 1.04. The molecule has 2 aromatic rings. The van der Waals surface area contributed by atoms with E-state index in [1.807, 2.05) is 12.3 Å². The van der Waals surface area contributed by atoms with E-state index in [2.05, 4.69) is 10.3 Å². The molecular weight excluding hydrogens is 448 g/mol. The van der Waals surface area contributed by atoms with E-state index in [1.54, 1.807) is 46.6 Å². The third-order valence-electron chi connectivity index (χ3n) is 5.34. The van der Waals surface area contributed by atoms with E-state index in [9.17, 15) is 18.0 Å². The second-order valence-corrected chi connectivity index (χ2v) is 10.7. The van der Waals surface area contributed by atoms with Gasteiger partial charge in [-0.05, 0) is 38.3 Å². The molecule has 2 heterocycles. The van der Waals surface area contributed by atoms with Crippen molar-refractivity contribution in [3.63, 3.8) is 0 Å². The predicted octanol–water partition coefficient (Wildman–Crippen LogP) is 2.20. The summed E-state index contributed by atoms with van der Waals surface area (Å²) >= 11 is 1.66. The van der Waals surface area contributed by atoms with Crippen LogP contribution in [0, 0.1) is 6.92 Å². The minimum Gasteiger partial charge on any atom is -0.356 e. The fourth-order valence-electron chi connectivity index (χ4n) is 3.53. The largest absolute Gasteiger partial charge is 0.356 e. The van der Waals surface area contributed by atoms with Crippen LogP contribution in [0.3, 0.4) is 0 Å². The Bertz CT molecular complexity index is 1000. The Morgan fingerprint density at radius 1 is 1.06 bits per heavy atom. The number of thiazole rings is 1. The molecule has 1 N–H and O–H groups in total. The first-order chi connectivity index (χ1) is 15.4. The van der Waals surface area contributed by atoms with E-state index in [-0.39, 0.29) is 42.6 Å². The highest BCUT2D eigenvalue weighted by atomic mass is 32.2. The van der Waals surface area contributed by atoms with Crippen molar-refractivity contribution in [3.05, 3.63) is 46.4 Å². The lowest BCUT2D eigenvalue weighted by atomic mass is 10.2. The van der Waals surface area contributed by atoms with Crippen molar-refractivity contribution in [2.24, 2.45) is 0 Å². The summed E-state index contributed by atoms with van der Waals surface area (Å²) in [6.45, 7) is 3.76. The van der Waals surface area contributed by atoms with E-state index in [4.69, 9.17) is 0 Å². The van der Waals surface area contributed by atoms with Gasteiger partial charge in [0.25, 0.3) is 0 Å². The number of piperazine rings is 1. The molecule has 32 heavy (non-hydrogen) atoms. The number of benzene rings is 1. The predicted molar refractivity (Wildman–Crippen MR) is 124 cm³/mol. The van der Waals surface area contributed by atoms with Gasteiger partial charge < -0.3 is 10.2 Å². The highest BCUT2D eigenvalue weighted by molar-refractivity contribution is 7.89. The first-order valence-electron chi connectivity index (χ1n) is 10.9. The summed E-state index contributed by atoms with van der Waals surface area (Å²) in [6, 6.07) is 8.31. The smallest absolute Gasteiger partial charge is 0.243 e. The molecule has 0 radical (unpaired) electrons. The number of aromatic nitrogens is 1. The van der Waals surface area contributed by atoms with Crippen LogP contribution in [0.25, 0.3) is 0 Å². The average Bonchev–Trinajstić information content (AvgIpc) is 3.22. The van der Waals surface area contributed by atoms with Crippen molar-refractivity contribution in [3.8, 4) is 0 Å². The number of carbonyl (C=O) groups excluding carboxylic acids is 2. The maximum atomic E-state index is 12.7. The monoisotopic (exact) mass is 478 g/mol. The molecule has 1 aliphatic heterocycles. The van der Waals surface area contributed by atoms with Crippen LogP contribution in [0.1, 0.15) is 36.4 Å². The lowest BCUT2D eigenvalue weighted by Crippen LogP contribution is -2.50. The quantitative estimate of drug-likeness (QED) is 0.528. The van der Waals surface area contributed by atoms with Crippen molar-refractivity contribution < 1.29 is 18.0 Å². The molecule has 0 spiro atoms. The summed E-state index contributed by atoms with van der Waals surface area (Å²) < 4.78 is 26.8. The van der Waals surface area contributed by atoms with E-state index in [1.165, 1.54) is 4.31 Å². The second-order valence-electron chi connectivity index (χ2n) is 7.79. The van der Waals surface area contributed by atoms with Gasteiger partial charge in [-0.1, -0.05) is 18.2 Å². The molecule has 174 valence electrons. The number of unbranched alkanes of at least 4 members (excludes halogenated alkanes) is 1. The van der Waals surface area contributed by atoms with E-state index in [0.717, 1.165) is 30.0 Å². The van der Waals surface area contributed by atoms with Crippen LogP contribution in [0.4, 0.5) is 0 Å². The SMILES string of the molecule is Cc1csc(CCCCNC(=O)CCC(=O)N2CCN(S(=O)(=O)c3ccccc3)CC2)n1. The summed E-state index contributed by atoms with van der Waals surface area (Å²) in [6.07, 6.45) is 3.03. The zero-order valence-electron chi connectivity index (χ0n) is 18.3. The Morgan fingerprint density at radius 3 is 2.44 bits per heavy atom. The molecule has 3 rings (SSSR count). The molecule has 1 fully saturated rings. The molecule has 2 amide bonds. The maximum absolute atomic E-state index is 12.7. The number of aryl methyl sites for hydroxylation is 2. The molecule has 1 aliphatic rings. The van der Waals surface area contributed by atoms with Gasteiger partial charge >= 0.3 is 0 Å². The molecule has 0 unspecified atom stereocenters. The average molecular weight is 479 g/mol. The zero-order valence-corrected chi connectivity index (χ0v) is 20.0. The Morgan fingerprint density at radius 2 is 1.78 bits per heavy atom. The van der Waals surface area contributed by atoms with Gasteiger partial charge in [-0.3, -0.25) is 9.59 Å². The van der Waals surface area contributed by atoms with Gasteiger partial charge in [-0.15, -0.1) is 11.3 Å². The Kier molecular flexibility index (Phi) is 8.77. The van der Waals surface area contributed by atoms with Gasteiger partial charge in [0.2, 0.25) is 21.8 Å². The van der Waals surface area contributed by atoms with Gasteiger partial charge in [0.05, 0.1) is 9.90 Å². The normalized spacial score (nSPS) is 15.0. The molecule has 0 saturated carbocycles. The van der Waals surface area contributed by atoms with Crippen molar-refractivity contribution in [1.29, 1.82) is 0 Å². The highest BCUT2D eigenvalue weighted by Crippen LogP contribution is 2.17. The molecule has 10 heteroatoms. The van der Waals surface area contributed by atoms with Gasteiger partial charge in [0.15, 0.2) is 0 Å². The molecule has 0 atom stereocenters. The Balaban J connectivity index is 1.31. The third-order valence-corrected chi connectivity index (χ3v) is 8.28. The fraction of sp³-hybridized carbons (Fsp3) is 0.500. The van der Waals surface area contributed by atoms with Gasteiger partial charge in [0, 0.05) is 56.6 Å². The van der Waals surface area contributed by atoms with Crippen LogP contribution in [0.2, 0.25) is 0 Å². The van der Waals surface area contributed by atoms with Crippen molar-refractivity contribution in [2.75, 3.05) is 32.7 Å². The standard InChI is InChI=1S/C22H30N4O4S2/c1-18-17-31-21(24-18)9-5-6-12-23-20(27)10-11-22(28)25-13-15-26(16-14-25)32(29,30)19-7-3-2-4-8-19/h2-4,7-8,17H,5-6,9-16H2,1H3,(H,23,27). The minimum atomic E-state index is -3.54. The molecule has 1 saturated heterocycles. The number of hydrogen-bond acceptors (Lipinski definition) is 6. The van der Waals surface area contributed by atoms with Gasteiger partial charge in [-0.25, -0.2) is 13.4 Å². The van der Waals surface area contributed by atoms with Gasteiger partial charge in [-0.2, -0.15) is 4.31 Å². The van der Waals surface area contributed by atoms with Crippen LogP contribution in [-0.2, 0) is 26.0 Å². The number of nitrogens with one attached hydrogen (secondary N) is 1. The van der Waals surface area contributed by atoms with Crippen molar-refractivity contribution >= 4 is 33.2 Å². The third kappa shape index (κ3) is 6.85. The lowest BCUT2D eigenvalue weighted by molar-refractivity contribution is -0.134. The summed E-state index contributed by atoms with van der Waals surface area (Å²) in [5, 5.41) is 6.02. The second kappa shape index (κ2) is 11.5. The summed E-state index contributed by atoms with van der Waals surface area (Å²) in [5.74, 6) is -0.246.